The molecule has 1 aromatic heterocycles. The molecule has 38 heavy (non-hydrogen) atoms. The van der Waals surface area contributed by atoms with Gasteiger partial charge in [0.25, 0.3) is 11.8 Å². The van der Waals surface area contributed by atoms with Crippen LogP contribution in [0.1, 0.15) is 62.3 Å². The first-order chi connectivity index (χ1) is 18.4. The van der Waals surface area contributed by atoms with Gasteiger partial charge < -0.3 is 20.6 Å². The molecule has 2 aromatic carbocycles. The first kappa shape index (κ1) is 26.5. The van der Waals surface area contributed by atoms with Crippen molar-refractivity contribution in [3.8, 4) is 0 Å². The highest BCUT2D eigenvalue weighted by Gasteiger charge is 2.35. The standard InChI is InChI=1S/C29H33FN4O3S/c1-18-17-38-28(32-18)25-11-6-12-34(25)29(37)21-10-5-9-20(14-21)27(36)33-24(13-19-7-3-2-4-8-19)26(35)23-15-22(30)16-31-23/h2-5,7-10,14,17,22-26,31,35H,6,11-13,15-16H2,1H3,(H,33,36)/t22-,23+,24-,25?,26+/m0/s1. The number of aliphatic hydroxyl groups is 1. The lowest BCUT2D eigenvalue weighted by atomic mass is 9.95. The summed E-state index contributed by atoms with van der Waals surface area (Å²) in [6.45, 7) is 2.79. The fraction of sp³-hybridized carbons (Fsp3) is 0.414. The van der Waals surface area contributed by atoms with Crippen molar-refractivity contribution in [3.63, 3.8) is 0 Å². The average molecular weight is 537 g/mol. The number of benzene rings is 2. The number of aliphatic hydroxyl groups excluding tert-OH is 1. The normalized spacial score (nSPS) is 22.8. The summed E-state index contributed by atoms with van der Waals surface area (Å²) in [6.07, 6.45) is 0.368. The molecule has 2 aliphatic heterocycles. The van der Waals surface area contributed by atoms with E-state index < -0.39 is 24.4 Å². The predicted octanol–water partition coefficient (Wildman–Crippen LogP) is 3.83. The summed E-state index contributed by atoms with van der Waals surface area (Å²) in [5.41, 5.74) is 2.68. The topological polar surface area (TPSA) is 94.6 Å². The number of amides is 2. The van der Waals surface area contributed by atoms with Crippen LogP contribution in [0.25, 0.3) is 0 Å². The van der Waals surface area contributed by atoms with Gasteiger partial charge in [-0.2, -0.15) is 0 Å². The van der Waals surface area contributed by atoms with Crippen LogP contribution >= 0.6 is 11.3 Å². The van der Waals surface area contributed by atoms with Crippen molar-refractivity contribution in [3.05, 3.63) is 87.4 Å². The minimum Gasteiger partial charge on any atom is -0.389 e. The van der Waals surface area contributed by atoms with Gasteiger partial charge in [-0.3, -0.25) is 9.59 Å². The Balaban J connectivity index is 1.32. The first-order valence-electron chi connectivity index (χ1n) is 13.1. The third-order valence-electron chi connectivity index (χ3n) is 7.36. The zero-order valence-corrected chi connectivity index (χ0v) is 22.2. The Morgan fingerprint density at radius 3 is 2.71 bits per heavy atom. The van der Waals surface area contributed by atoms with Crippen LogP contribution in [0.4, 0.5) is 4.39 Å². The average Bonchev–Trinajstić information content (AvgIpc) is 3.69. The predicted molar refractivity (Wildman–Crippen MR) is 145 cm³/mol. The molecule has 5 rings (SSSR count). The summed E-state index contributed by atoms with van der Waals surface area (Å²) in [7, 11) is 0. The first-order valence-corrected chi connectivity index (χ1v) is 14.0. The van der Waals surface area contributed by atoms with E-state index in [4.69, 9.17) is 0 Å². The zero-order valence-electron chi connectivity index (χ0n) is 21.3. The summed E-state index contributed by atoms with van der Waals surface area (Å²) in [6, 6.07) is 15.1. The minimum atomic E-state index is -1.02. The van der Waals surface area contributed by atoms with Crippen molar-refractivity contribution in [1.82, 2.24) is 20.5 Å². The maximum Gasteiger partial charge on any atom is 0.254 e. The van der Waals surface area contributed by atoms with E-state index in [1.165, 1.54) is 0 Å². The van der Waals surface area contributed by atoms with E-state index in [1.54, 1.807) is 35.6 Å². The van der Waals surface area contributed by atoms with Gasteiger partial charge in [-0.1, -0.05) is 36.4 Å². The monoisotopic (exact) mass is 536 g/mol. The summed E-state index contributed by atoms with van der Waals surface area (Å²) in [5, 5.41) is 20.0. The van der Waals surface area contributed by atoms with E-state index in [-0.39, 0.29) is 30.8 Å². The van der Waals surface area contributed by atoms with Gasteiger partial charge in [0.15, 0.2) is 0 Å². The van der Waals surface area contributed by atoms with Crippen LogP contribution in [-0.2, 0) is 6.42 Å². The molecule has 3 aromatic rings. The molecular weight excluding hydrogens is 503 g/mol. The Morgan fingerprint density at radius 2 is 2.00 bits per heavy atom. The van der Waals surface area contributed by atoms with Crippen LogP contribution in [0.3, 0.4) is 0 Å². The number of nitrogens with one attached hydrogen (secondary N) is 2. The Bertz CT molecular complexity index is 1270. The van der Waals surface area contributed by atoms with Gasteiger partial charge in [-0.05, 0) is 56.4 Å². The molecule has 2 aliphatic rings. The molecule has 0 radical (unpaired) electrons. The number of carbonyl (C=O) groups excluding carboxylic acids is 2. The smallest absolute Gasteiger partial charge is 0.254 e. The van der Waals surface area contributed by atoms with Crippen molar-refractivity contribution < 1.29 is 19.1 Å². The molecular formula is C29H33FN4O3S. The molecule has 3 N–H and O–H groups in total. The van der Waals surface area contributed by atoms with E-state index in [1.807, 2.05) is 47.5 Å². The van der Waals surface area contributed by atoms with E-state index >= 15 is 0 Å². The number of thiazole rings is 1. The summed E-state index contributed by atoms with van der Waals surface area (Å²) in [5.74, 6) is -0.511. The van der Waals surface area contributed by atoms with Crippen molar-refractivity contribution in [2.24, 2.45) is 0 Å². The van der Waals surface area contributed by atoms with E-state index in [0.717, 1.165) is 29.1 Å². The Kier molecular flexibility index (Phi) is 8.16. The number of nitrogens with zero attached hydrogens (tertiary/aromatic N) is 2. The molecule has 9 heteroatoms. The third-order valence-corrected chi connectivity index (χ3v) is 8.42. The third kappa shape index (κ3) is 5.95. The second-order valence-electron chi connectivity index (χ2n) is 10.2. The fourth-order valence-electron chi connectivity index (χ4n) is 5.39. The highest BCUT2D eigenvalue weighted by atomic mass is 32.1. The second-order valence-corrected chi connectivity index (χ2v) is 11.1. The lowest BCUT2D eigenvalue weighted by Gasteiger charge is -2.29. The molecule has 200 valence electrons. The molecule has 0 spiro atoms. The number of rotatable bonds is 8. The van der Waals surface area contributed by atoms with Gasteiger partial charge in [-0.15, -0.1) is 11.3 Å². The van der Waals surface area contributed by atoms with Gasteiger partial charge in [0.05, 0.1) is 18.2 Å². The van der Waals surface area contributed by atoms with Crippen LogP contribution in [-0.4, -0.2) is 64.3 Å². The number of alkyl halides is 1. The van der Waals surface area contributed by atoms with Crippen molar-refractivity contribution in [2.45, 2.75) is 63.0 Å². The fourth-order valence-corrected chi connectivity index (χ4v) is 6.33. The Labute approximate surface area is 226 Å². The van der Waals surface area contributed by atoms with Gasteiger partial charge >= 0.3 is 0 Å². The SMILES string of the molecule is Cc1csc(C2CCCN2C(=O)c2cccc(C(=O)N[C@@H](Cc3ccccc3)[C@H](O)[C@H]3C[C@H](F)CN3)c2)n1. The number of hydrogen-bond acceptors (Lipinski definition) is 6. The Morgan fingerprint density at radius 1 is 1.21 bits per heavy atom. The molecule has 0 saturated carbocycles. The largest absolute Gasteiger partial charge is 0.389 e. The van der Waals surface area contributed by atoms with E-state index in [0.29, 0.717) is 24.1 Å². The van der Waals surface area contributed by atoms with Crippen LogP contribution in [0.5, 0.6) is 0 Å². The van der Waals surface area contributed by atoms with Crippen molar-refractivity contribution in [1.29, 1.82) is 0 Å². The molecule has 5 atom stereocenters. The molecule has 1 unspecified atom stereocenters. The number of likely N-dealkylation sites (tertiary alicyclic amines) is 1. The van der Waals surface area contributed by atoms with Gasteiger partial charge in [-0.25, -0.2) is 9.37 Å². The number of aryl methyl sites for hydroxylation is 1. The molecule has 0 aliphatic carbocycles. The molecule has 7 nitrogen and oxygen atoms in total. The van der Waals surface area contributed by atoms with Crippen LogP contribution in [0.15, 0.2) is 60.0 Å². The van der Waals surface area contributed by atoms with Gasteiger partial charge in [0.2, 0.25) is 0 Å². The quantitative estimate of drug-likeness (QED) is 0.407. The van der Waals surface area contributed by atoms with Crippen LogP contribution < -0.4 is 10.6 Å². The summed E-state index contributed by atoms with van der Waals surface area (Å²) < 4.78 is 13.8. The van der Waals surface area contributed by atoms with Gasteiger partial charge in [0.1, 0.15) is 11.2 Å². The number of aromatic nitrogens is 1. The highest BCUT2D eigenvalue weighted by Crippen LogP contribution is 2.34. The molecule has 2 amide bonds. The zero-order chi connectivity index (χ0) is 26.6. The summed E-state index contributed by atoms with van der Waals surface area (Å²) >= 11 is 1.57. The second kappa shape index (κ2) is 11.7. The highest BCUT2D eigenvalue weighted by molar-refractivity contribution is 7.09. The van der Waals surface area contributed by atoms with Crippen molar-refractivity contribution in [2.75, 3.05) is 13.1 Å². The molecule has 3 heterocycles. The van der Waals surface area contributed by atoms with Crippen molar-refractivity contribution >= 4 is 23.2 Å². The number of hydrogen-bond donors (Lipinski definition) is 3. The number of carbonyl (C=O) groups is 2. The molecule has 2 fully saturated rings. The summed E-state index contributed by atoms with van der Waals surface area (Å²) in [4.78, 5) is 33.3. The van der Waals surface area contributed by atoms with Gasteiger partial charge in [0, 0.05) is 41.3 Å². The van der Waals surface area contributed by atoms with Crippen LogP contribution in [0.2, 0.25) is 0 Å². The number of halogens is 1. The van der Waals surface area contributed by atoms with E-state index in [2.05, 4.69) is 15.6 Å². The maximum absolute atomic E-state index is 13.8. The minimum absolute atomic E-state index is 0.0534. The van der Waals surface area contributed by atoms with E-state index in [9.17, 15) is 19.1 Å². The molecule has 2 saturated heterocycles. The lowest BCUT2D eigenvalue weighted by Crippen LogP contribution is -2.52. The Hall–Kier alpha value is -3.14. The molecule has 0 bridgehead atoms. The lowest BCUT2D eigenvalue weighted by molar-refractivity contribution is 0.0728. The van der Waals surface area contributed by atoms with Crippen LogP contribution in [0, 0.1) is 6.92 Å². The maximum atomic E-state index is 13.8.